The molecule has 3 atom stereocenters. The Kier molecular flexibility index (Phi) is 4.00. The van der Waals surface area contributed by atoms with Crippen LogP contribution in [0.3, 0.4) is 0 Å². The van der Waals surface area contributed by atoms with E-state index < -0.39 is 0 Å². The van der Waals surface area contributed by atoms with Gasteiger partial charge in [-0.25, -0.2) is 0 Å². The molecule has 22 heavy (non-hydrogen) atoms. The normalized spacial score (nSPS) is 25.1. The summed E-state index contributed by atoms with van der Waals surface area (Å²) in [5.74, 6) is 0.389. The molecule has 0 N–H and O–H groups in total. The van der Waals surface area contributed by atoms with Crippen molar-refractivity contribution in [2.75, 3.05) is 7.11 Å². The Balaban J connectivity index is 1.86. The number of carbonyl (C=O) groups excluding carboxylic acids is 1. The van der Waals surface area contributed by atoms with E-state index in [1.54, 1.807) is 4.68 Å². The SMILES string of the molecule is COC(=O)C1CCC(c2cnn(C)c2)CC1c1cnn(C)c1. The minimum Gasteiger partial charge on any atom is -0.469 e. The maximum Gasteiger partial charge on any atom is 0.309 e. The van der Waals surface area contributed by atoms with E-state index in [9.17, 15) is 4.79 Å². The molecule has 1 aliphatic carbocycles. The third-order valence-corrected chi connectivity index (χ3v) is 4.70. The first-order chi connectivity index (χ1) is 10.6. The summed E-state index contributed by atoms with van der Waals surface area (Å²) in [5.41, 5.74) is 2.37. The molecule has 2 heterocycles. The lowest BCUT2D eigenvalue weighted by atomic mass is 9.70. The highest BCUT2D eigenvalue weighted by molar-refractivity contribution is 5.73. The van der Waals surface area contributed by atoms with E-state index in [0.29, 0.717) is 5.92 Å². The first kappa shape index (κ1) is 14.8. The summed E-state index contributed by atoms with van der Waals surface area (Å²) in [6.07, 6.45) is 10.6. The molecular weight excluding hydrogens is 280 g/mol. The molecule has 2 aromatic heterocycles. The fourth-order valence-corrected chi connectivity index (χ4v) is 3.56. The summed E-state index contributed by atoms with van der Waals surface area (Å²) in [6.45, 7) is 0. The van der Waals surface area contributed by atoms with Crippen LogP contribution in [0.5, 0.6) is 0 Å². The summed E-state index contributed by atoms with van der Waals surface area (Å²) in [5, 5.41) is 8.53. The molecule has 0 radical (unpaired) electrons. The minimum atomic E-state index is -0.113. The lowest BCUT2D eigenvalue weighted by Crippen LogP contribution is -2.29. The first-order valence-corrected chi connectivity index (χ1v) is 7.63. The van der Waals surface area contributed by atoms with Crippen molar-refractivity contribution in [3.63, 3.8) is 0 Å². The molecule has 3 unspecified atom stereocenters. The fraction of sp³-hybridized carbons (Fsp3) is 0.562. The van der Waals surface area contributed by atoms with Crippen molar-refractivity contribution in [3.05, 3.63) is 35.9 Å². The summed E-state index contributed by atoms with van der Waals surface area (Å²) < 4.78 is 8.63. The van der Waals surface area contributed by atoms with Crippen LogP contribution in [0.15, 0.2) is 24.8 Å². The van der Waals surface area contributed by atoms with Crippen LogP contribution in [-0.4, -0.2) is 32.6 Å². The molecule has 0 bridgehead atoms. The Morgan fingerprint density at radius 3 is 2.32 bits per heavy atom. The van der Waals surface area contributed by atoms with E-state index in [-0.39, 0.29) is 17.8 Å². The van der Waals surface area contributed by atoms with E-state index in [2.05, 4.69) is 16.4 Å². The molecule has 3 rings (SSSR count). The Bertz CT molecular complexity index is 661. The quantitative estimate of drug-likeness (QED) is 0.814. The average molecular weight is 302 g/mol. The number of nitrogens with zero attached hydrogens (tertiary/aromatic N) is 4. The summed E-state index contributed by atoms with van der Waals surface area (Å²) >= 11 is 0. The van der Waals surface area contributed by atoms with E-state index in [0.717, 1.165) is 24.8 Å². The molecule has 0 saturated heterocycles. The van der Waals surface area contributed by atoms with E-state index >= 15 is 0 Å². The van der Waals surface area contributed by atoms with Gasteiger partial charge in [0.1, 0.15) is 0 Å². The largest absolute Gasteiger partial charge is 0.469 e. The van der Waals surface area contributed by atoms with Gasteiger partial charge in [0.2, 0.25) is 0 Å². The van der Waals surface area contributed by atoms with Gasteiger partial charge in [-0.15, -0.1) is 0 Å². The predicted octanol–water partition coefficient (Wildman–Crippen LogP) is 1.99. The van der Waals surface area contributed by atoms with Gasteiger partial charge in [0.15, 0.2) is 0 Å². The van der Waals surface area contributed by atoms with Gasteiger partial charge in [0.25, 0.3) is 0 Å². The lowest BCUT2D eigenvalue weighted by molar-refractivity contribution is -0.147. The standard InChI is InChI=1S/C16H22N4O2/c1-19-9-12(7-17-19)11-4-5-14(16(21)22-3)15(6-11)13-8-18-20(2)10-13/h7-11,14-15H,4-6H2,1-3H3. The van der Waals surface area contributed by atoms with Crippen molar-refractivity contribution in [1.29, 1.82) is 0 Å². The number of carbonyl (C=O) groups is 1. The molecule has 1 saturated carbocycles. The number of aromatic nitrogens is 4. The number of rotatable bonds is 3. The molecule has 0 aliphatic heterocycles. The average Bonchev–Trinajstić information content (AvgIpc) is 3.14. The third-order valence-electron chi connectivity index (χ3n) is 4.70. The summed E-state index contributed by atoms with van der Waals surface area (Å²) in [6, 6.07) is 0. The van der Waals surface area contributed by atoms with Gasteiger partial charge in [-0.2, -0.15) is 10.2 Å². The monoisotopic (exact) mass is 302 g/mol. The van der Waals surface area contributed by atoms with E-state index in [4.69, 9.17) is 4.74 Å². The molecule has 0 aromatic carbocycles. The van der Waals surface area contributed by atoms with Crippen LogP contribution in [0.1, 0.15) is 42.2 Å². The second kappa shape index (κ2) is 5.94. The first-order valence-electron chi connectivity index (χ1n) is 7.63. The number of methoxy groups -OCH3 is 1. The highest BCUT2D eigenvalue weighted by atomic mass is 16.5. The molecule has 1 fully saturated rings. The molecule has 118 valence electrons. The molecule has 6 nitrogen and oxygen atoms in total. The highest BCUT2D eigenvalue weighted by Gasteiger charge is 2.38. The summed E-state index contributed by atoms with van der Waals surface area (Å²) in [4.78, 5) is 12.1. The van der Waals surface area contributed by atoms with Gasteiger partial charge in [0, 0.05) is 32.4 Å². The second-order valence-corrected chi connectivity index (χ2v) is 6.14. The van der Waals surface area contributed by atoms with Crippen molar-refractivity contribution < 1.29 is 9.53 Å². The van der Waals surface area contributed by atoms with Crippen LogP contribution in [0.25, 0.3) is 0 Å². The van der Waals surface area contributed by atoms with Crippen LogP contribution < -0.4 is 0 Å². The number of esters is 1. The van der Waals surface area contributed by atoms with Crippen molar-refractivity contribution in [2.24, 2.45) is 20.0 Å². The van der Waals surface area contributed by atoms with Crippen LogP contribution in [0.2, 0.25) is 0 Å². The second-order valence-electron chi connectivity index (χ2n) is 6.14. The molecule has 1 aliphatic rings. The topological polar surface area (TPSA) is 61.9 Å². The van der Waals surface area contributed by atoms with Crippen LogP contribution in [-0.2, 0) is 23.6 Å². The number of aryl methyl sites for hydroxylation is 2. The summed E-state index contributed by atoms with van der Waals surface area (Å²) in [7, 11) is 5.30. The molecule has 2 aromatic rings. The van der Waals surface area contributed by atoms with E-state index in [1.807, 2.05) is 37.4 Å². The third kappa shape index (κ3) is 2.77. The van der Waals surface area contributed by atoms with Crippen LogP contribution in [0.4, 0.5) is 0 Å². The molecule has 0 spiro atoms. The zero-order chi connectivity index (χ0) is 15.7. The number of hydrogen-bond acceptors (Lipinski definition) is 4. The Morgan fingerprint density at radius 1 is 1.14 bits per heavy atom. The van der Waals surface area contributed by atoms with Gasteiger partial charge in [0.05, 0.1) is 25.4 Å². The van der Waals surface area contributed by atoms with Gasteiger partial charge < -0.3 is 4.74 Å². The maximum atomic E-state index is 12.1. The zero-order valence-corrected chi connectivity index (χ0v) is 13.3. The van der Waals surface area contributed by atoms with Gasteiger partial charge >= 0.3 is 5.97 Å². The molecule has 0 amide bonds. The predicted molar refractivity (Wildman–Crippen MR) is 81.3 cm³/mol. The van der Waals surface area contributed by atoms with Crippen molar-refractivity contribution >= 4 is 5.97 Å². The highest BCUT2D eigenvalue weighted by Crippen LogP contribution is 2.45. The maximum absolute atomic E-state index is 12.1. The van der Waals surface area contributed by atoms with Crippen LogP contribution in [0, 0.1) is 5.92 Å². The Morgan fingerprint density at radius 2 is 1.77 bits per heavy atom. The zero-order valence-electron chi connectivity index (χ0n) is 13.3. The molecule has 6 heteroatoms. The van der Waals surface area contributed by atoms with Crippen molar-refractivity contribution in [1.82, 2.24) is 19.6 Å². The van der Waals surface area contributed by atoms with Gasteiger partial charge in [-0.3, -0.25) is 14.2 Å². The minimum absolute atomic E-state index is 0.0814. The number of ether oxygens (including phenoxy) is 1. The number of hydrogen-bond donors (Lipinski definition) is 0. The molecular formula is C16H22N4O2. The van der Waals surface area contributed by atoms with Crippen molar-refractivity contribution in [3.8, 4) is 0 Å². The van der Waals surface area contributed by atoms with Crippen LogP contribution >= 0.6 is 0 Å². The van der Waals surface area contributed by atoms with Gasteiger partial charge in [-0.1, -0.05) is 0 Å². The van der Waals surface area contributed by atoms with Crippen molar-refractivity contribution in [2.45, 2.75) is 31.1 Å². The Labute approximate surface area is 130 Å². The van der Waals surface area contributed by atoms with Gasteiger partial charge in [-0.05, 0) is 36.3 Å². The lowest BCUT2D eigenvalue weighted by Gasteiger charge is -2.33. The fourth-order valence-electron chi connectivity index (χ4n) is 3.56. The Hall–Kier alpha value is -2.11. The smallest absolute Gasteiger partial charge is 0.309 e. The van der Waals surface area contributed by atoms with E-state index in [1.165, 1.54) is 12.7 Å².